The number of thioether (sulfide) groups is 1. The Morgan fingerprint density at radius 1 is 1.78 bits per heavy atom. The molecule has 0 bridgehead atoms. The Bertz CT molecular complexity index is 155. The van der Waals surface area contributed by atoms with E-state index in [0.29, 0.717) is 5.25 Å². The summed E-state index contributed by atoms with van der Waals surface area (Å²) in [4.78, 5) is 11.3. The van der Waals surface area contributed by atoms with Gasteiger partial charge in [-0.1, -0.05) is 12.1 Å². The summed E-state index contributed by atoms with van der Waals surface area (Å²) in [7, 11) is 0. The van der Waals surface area contributed by atoms with Gasteiger partial charge in [-0.05, 0) is 17.9 Å². The highest BCUT2D eigenvalue weighted by Crippen LogP contribution is 2.32. The zero-order valence-corrected chi connectivity index (χ0v) is 6.31. The smallest absolute Gasteiger partial charge is 0.123 e. The molecular weight excluding hydrogens is 134 g/mol. The van der Waals surface area contributed by atoms with Crippen molar-refractivity contribution in [2.24, 2.45) is 5.18 Å². The van der Waals surface area contributed by atoms with Crippen molar-refractivity contribution in [3.63, 3.8) is 0 Å². The lowest BCUT2D eigenvalue weighted by Crippen LogP contribution is -2.08. The number of hydrogen-bond acceptors (Lipinski definition) is 3. The molecule has 0 saturated heterocycles. The second kappa shape index (κ2) is 2.52. The first-order valence-corrected chi connectivity index (χ1v) is 3.79. The van der Waals surface area contributed by atoms with Gasteiger partial charge >= 0.3 is 0 Å². The molecule has 0 amide bonds. The van der Waals surface area contributed by atoms with Crippen molar-refractivity contribution < 1.29 is 0 Å². The number of allylic oxidation sites excluding steroid dienone is 1. The van der Waals surface area contributed by atoms with Crippen LogP contribution < -0.4 is 0 Å². The molecule has 0 aromatic heterocycles. The van der Waals surface area contributed by atoms with Crippen LogP contribution in [-0.4, -0.2) is 11.3 Å². The minimum Gasteiger partial charge on any atom is -0.150 e. The fraction of sp³-hybridized carbons (Fsp3) is 0.667. The lowest BCUT2D eigenvalue weighted by atomic mass is 10.2. The van der Waals surface area contributed by atoms with E-state index >= 15 is 0 Å². The zero-order valence-electron chi connectivity index (χ0n) is 5.50. The molecule has 3 heteroatoms. The van der Waals surface area contributed by atoms with Crippen LogP contribution in [0, 0.1) is 4.91 Å². The quantitative estimate of drug-likeness (QED) is 0.526. The van der Waals surface area contributed by atoms with E-state index in [0.717, 1.165) is 0 Å². The van der Waals surface area contributed by atoms with Crippen LogP contribution in [0.4, 0.5) is 0 Å². The molecule has 0 saturated carbocycles. The van der Waals surface area contributed by atoms with E-state index in [-0.39, 0.29) is 6.04 Å². The van der Waals surface area contributed by atoms with Gasteiger partial charge in [-0.3, -0.25) is 0 Å². The molecule has 2 unspecified atom stereocenters. The Morgan fingerprint density at radius 3 is 2.67 bits per heavy atom. The first-order chi connectivity index (χ1) is 4.24. The highest BCUT2D eigenvalue weighted by molar-refractivity contribution is 8.03. The normalized spacial score (nSPS) is 34.2. The summed E-state index contributed by atoms with van der Waals surface area (Å²) in [6.07, 6.45) is 1.92. The van der Waals surface area contributed by atoms with Crippen LogP contribution in [0.25, 0.3) is 0 Å². The van der Waals surface area contributed by atoms with Crippen molar-refractivity contribution in [1.82, 2.24) is 0 Å². The van der Waals surface area contributed by atoms with Crippen molar-refractivity contribution in [2.45, 2.75) is 25.1 Å². The second-order valence-corrected chi connectivity index (χ2v) is 3.82. The molecule has 9 heavy (non-hydrogen) atoms. The van der Waals surface area contributed by atoms with Gasteiger partial charge in [0.2, 0.25) is 0 Å². The van der Waals surface area contributed by atoms with E-state index in [1.165, 1.54) is 4.91 Å². The summed E-state index contributed by atoms with van der Waals surface area (Å²) in [6, 6.07) is -0.0880. The fourth-order valence-corrected chi connectivity index (χ4v) is 1.97. The van der Waals surface area contributed by atoms with E-state index in [1.54, 1.807) is 11.8 Å². The molecule has 0 radical (unpaired) electrons. The van der Waals surface area contributed by atoms with Gasteiger partial charge in [-0.2, -0.15) is 4.91 Å². The maximum atomic E-state index is 10.1. The van der Waals surface area contributed by atoms with Gasteiger partial charge in [0, 0.05) is 5.25 Å². The van der Waals surface area contributed by atoms with Crippen molar-refractivity contribution in [2.75, 3.05) is 0 Å². The van der Waals surface area contributed by atoms with Crippen LogP contribution in [0.1, 0.15) is 13.8 Å². The monoisotopic (exact) mass is 143 g/mol. The SMILES string of the molecule is CC1=CC(N=O)C(C)S1. The third-order valence-electron chi connectivity index (χ3n) is 1.38. The first-order valence-electron chi connectivity index (χ1n) is 2.91. The Labute approximate surface area is 58.7 Å². The van der Waals surface area contributed by atoms with Crippen LogP contribution in [0.5, 0.6) is 0 Å². The standard InChI is InChI=1S/C6H9NOS/c1-4-3-6(7-8)5(2)9-4/h3,5-6H,1-2H3. The van der Waals surface area contributed by atoms with Gasteiger partial charge in [0.15, 0.2) is 0 Å². The van der Waals surface area contributed by atoms with Gasteiger partial charge in [0.05, 0.1) is 0 Å². The average Bonchev–Trinajstić information content (AvgIpc) is 2.10. The highest BCUT2D eigenvalue weighted by Gasteiger charge is 2.22. The molecule has 0 fully saturated rings. The van der Waals surface area contributed by atoms with Gasteiger partial charge in [0.1, 0.15) is 6.04 Å². The molecule has 0 spiro atoms. The topological polar surface area (TPSA) is 29.4 Å². The van der Waals surface area contributed by atoms with Gasteiger partial charge < -0.3 is 0 Å². The number of nitrogens with zero attached hydrogens (tertiary/aromatic N) is 1. The van der Waals surface area contributed by atoms with Gasteiger partial charge in [-0.25, -0.2) is 0 Å². The Hall–Kier alpha value is -0.310. The first kappa shape index (κ1) is 6.81. The zero-order chi connectivity index (χ0) is 6.85. The van der Waals surface area contributed by atoms with E-state index in [2.05, 4.69) is 5.18 Å². The van der Waals surface area contributed by atoms with Crippen LogP contribution in [0.3, 0.4) is 0 Å². The maximum Gasteiger partial charge on any atom is 0.123 e. The maximum absolute atomic E-state index is 10.1. The minimum absolute atomic E-state index is 0.0880. The van der Waals surface area contributed by atoms with Crippen LogP contribution in [-0.2, 0) is 0 Å². The fourth-order valence-electron chi connectivity index (χ4n) is 0.894. The molecule has 2 nitrogen and oxygen atoms in total. The van der Waals surface area contributed by atoms with Crippen LogP contribution in [0.15, 0.2) is 16.2 Å². The van der Waals surface area contributed by atoms with Crippen LogP contribution >= 0.6 is 11.8 Å². The third-order valence-corrected chi connectivity index (χ3v) is 2.54. The molecule has 2 atom stereocenters. The average molecular weight is 143 g/mol. The largest absolute Gasteiger partial charge is 0.150 e. The summed E-state index contributed by atoms with van der Waals surface area (Å²) in [6.45, 7) is 4.02. The summed E-state index contributed by atoms with van der Waals surface area (Å²) in [5.74, 6) is 0. The molecule has 1 rings (SSSR count). The minimum atomic E-state index is -0.0880. The Kier molecular flexibility index (Phi) is 1.90. The van der Waals surface area contributed by atoms with Gasteiger partial charge in [-0.15, -0.1) is 11.8 Å². The molecule has 1 aliphatic heterocycles. The Morgan fingerprint density at radius 2 is 2.44 bits per heavy atom. The predicted molar refractivity (Wildman–Crippen MR) is 40.4 cm³/mol. The number of hydrogen-bond donors (Lipinski definition) is 0. The van der Waals surface area contributed by atoms with Crippen molar-refractivity contribution in [3.8, 4) is 0 Å². The van der Waals surface area contributed by atoms with E-state index < -0.39 is 0 Å². The van der Waals surface area contributed by atoms with Gasteiger partial charge in [0.25, 0.3) is 0 Å². The van der Waals surface area contributed by atoms with E-state index in [9.17, 15) is 4.91 Å². The van der Waals surface area contributed by atoms with E-state index in [1.807, 2.05) is 19.9 Å². The van der Waals surface area contributed by atoms with Crippen LogP contribution in [0.2, 0.25) is 0 Å². The summed E-state index contributed by atoms with van der Waals surface area (Å²) in [5.41, 5.74) is 0. The molecule has 0 aromatic carbocycles. The molecule has 0 N–H and O–H groups in total. The summed E-state index contributed by atoms with van der Waals surface area (Å²) in [5, 5.41) is 3.32. The number of nitroso groups, excluding NO2 is 1. The highest BCUT2D eigenvalue weighted by atomic mass is 32.2. The summed E-state index contributed by atoms with van der Waals surface area (Å²) < 4.78 is 0. The molecule has 50 valence electrons. The molecule has 0 aromatic rings. The lowest BCUT2D eigenvalue weighted by molar-refractivity contribution is 0.808. The summed E-state index contributed by atoms with van der Waals surface area (Å²) >= 11 is 1.72. The van der Waals surface area contributed by atoms with Crippen molar-refractivity contribution in [3.05, 3.63) is 15.9 Å². The molecule has 1 heterocycles. The van der Waals surface area contributed by atoms with Crippen molar-refractivity contribution in [1.29, 1.82) is 0 Å². The Balaban J connectivity index is 2.63. The predicted octanol–water partition coefficient (Wildman–Crippen LogP) is 2.16. The van der Waals surface area contributed by atoms with Crippen molar-refractivity contribution >= 4 is 11.8 Å². The van der Waals surface area contributed by atoms with E-state index in [4.69, 9.17) is 0 Å². The lowest BCUT2D eigenvalue weighted by Gasteiger charge is -2.02. The molecule has 1 aliphatic rings. The second-order valence-electron chi connectivity index (χ2n) is 2.20. The molecular formula is C6H9NOS. The number of rotatable bonds is 1. The third kappa shape index (κ3) is 1.33. The molecule has 0 aliphatic carbocycles.